The molecule has 1 atom stereocenters. The highest BCUT2D eigenvalue weighted by Crippen LogP contribution is 2.10. The molecule has 1 rings (SSSR count). The second-order valence-corrected chi connectivity index (χ2v) is 3.36. The summed E-state index contributed by atoms with van der Waals surface area (Å²) < 4.78 is 1.16. The van der Waals surface area contributed by atoms with Crippen molar-refractivity contribution in [1.82, 2.24) is 4.98 Å². The van der Waals surface area contributed by atoms with Crippen LogP contribution in [0.3, 0.4) is 0 Å². The fourth-order valence-electron chi connectivity index (χ4n) is 0.725. The average molecular weight is 251 g/mol. The molecule has 0 saturated heterocycles. The highest BCUT2D eigenvalue weighted by Gasteiger charge is 2.03. The molecule has 1 heterocycles. The Hall–Kier alpha value is -0.0700. The monoisotopic (exact) mass is 251 g/mol. The molecule has 0 aliphatic rings. The molecule has 0 unspecified atom stereocenters. The van der Waals surface area contributed by atoms with E-state index in [1.807, 2.05) is 12.3 Å². The number of hydrogen-bond acceptors (Lipinski definition) is 2. The Balaban J connectivity index is 2.74. The van der Waals surface area contributed by atoms with Gasteiger partial charge in [0.1, 0.15) is 0 Å². The van der Waals surface area contributed by atoms with Crippen LogP contribution in [0.5, 0.6) is 0 Å². The van der Waals surface area contributed by atoms with Crippen LogP contribution in [0.2, 0.25) is 0 Å². The van der Waals surface area contributed by atoms with E-state index in [2.05, 4.69) is 27.6 Å². The molecular weight excluding hydrogens is 241 g/mol. The van der Waals surface area contributed by atoms with Crippen molar-refractivity contribution in [3.63, 3.8) is 0 Å². The van der Waals surface area contributed by atoms with Crippen molar-refractivity contribution in [3.05, 3.63) is 21.5 Å². The van der Waals surface area contributed by atoms with Crippen molar-refractivity contribution in [3.8, 4) is 0 Å². The Morgan fingerprint density at radius 2 is 2.40 bits per heavy atom. The smallest absolute Gasteiger partial charge is 0.0572 e. The molecule has 56 valence electrons. The molecule has 0 fully saturated rings. The van der Waals surface area contributed by atoms with Crippen LogP contribution in [0.15, 0.2) is 12.3 Å². The third-order valence-electron chi connectivity index (χ3n) is 1.32. The lowest BCUT2D eigenvalue weighted by atomic mass is 10.2. The number of nitrogens with one attached hydrogen (secondary N) is 1. The van der Waals surface area contributed by atoms with E-state index >= 15 is 0 Å². The molecule has 0 aliphatic carbocycles. The zero-order valence-corrected chi connectivity index (χ0v) is 7.63. The third-order valence-corrected chi connectivity index (χ3v) is 1.95. The van der Waals surface area contributed by atoms with Crippen LogP contribution in [0.4, 0.5) is 0 Å². The number of aromatic amines is 1. The van der Waals surface area contributed by atoms with E-state index in [9.17, 15) is 0 Å². The minimum atomic E-state index is -0.0523. The number of H-pyrrole nitrogens is 1. The lowest BCUT2D eigenvalue weighted by Crippen LogP contribution is -2.20. The lowest BCUT2D eigenvalue weighted by Gasteiger charge is -2.03. The summed E-state index contributed by atoms with van der Waals surface area (Å²) in [5, 5.41) is 0. The summed E-state index contributed by atoms with van der Waals surface area (Å²) in [4.78, 5) is 3.04. The molecular formula is C6H10IN3. The van der Waals surface area contributed by atoms with Crippen LogP contribution in [0.1, 0.15) is 11.7 Å². The quantitative estimate of drug-likeness (QED) is 0.673. The Kier molecular flexibility index (Phi) is 2.70. The van der Waals surface area contributed by atoms with E-state index in [1.54, 1.807) is 0 Å². The van der Waals surface area contributed by atoms with Gasteiger partial charge in [0.05, 0.1) is 6.04 Å². The minimum absolute atomic E-state index is 0.0523. The maximum atomic E-state index is 5.65. The molecule has 10 heavy (non-hydrogen) atoms. The second kappa shape index (κ2) is 3.36. The van der Waals surface area contributed by atoms with Crippen LogP contribution in [-0.2, 0) is 0 Å². The van der Waals surface area contributed by atoms with E-state index in [0.717, 1.165) is 9.26 Å². The Morgan fingerprint density at radius 3 is 2.80 bits per heavy atom. The van der Waals surface area contributed by atoms with Gasteiger partial charge in [-0.15, -0.1) is 0 Å². The average Bonchev–Trinajstić information content (AvgIpc) is 2.34. The second-order valence-electron chi connectivity index (χ2n) is 2.12. The van der Waals surface area contributed by atoms with Crippen molar-refractivity contribution in [2.75, 3.05) is 6.54 Å². The van der Waals surface area contributed by atoms with Gasteiger partial charge in [-0.1, -0.05) is 0 Å². The van der Waals surface area contributed by atoms with Gasteiger partial charge in [0, 0.05) is 22.0 Å². The third kappa shape index (κ3) is 1.71. The standard InChI is InChI=1S/C6H10IN3/c7-4-1-6(10-3-4)5(9)2-8/h1,3,5,10H,2,8-9H2/t5-/m1/s1. The van der Waals surface area contributed by atoms with E-state index in [0.29, 0.717) is 6.54 Å². The molecule has 0 radical (unpaired) electrons. The van der Waals surface area contributed by atoms with Crippen molar-refractivity contribution in [2.45, 2.75) is 6.04 Å². The Morgan fingerprint density at radius 1 is 1.70 bits per heavy atom. The van der Waals surface area contributed by atoms with E-state index in [4.69, 9.17) is 11.5 Å². The van der Waals surface area contributed by atoms with Crippen LogP contribution in [-0.4, -0.2) is 11.5 Å². The van der Waals surface area contributed by atoms with Gasteiger partial charge in [-0.25, -0.2) is 0 Å². The summed E-state index contributed by atoms with van der Waals surface area (Å²) in [5.74, 6) is 0. The number of aromatic nitrogens is 1. The first-order valence-electron chi connectivity index (χ1n) is 3.03. The molecule has 4 heteroatoms. The van der Waals surface area contributed by atoms with E-state index in [-0.39, 0.29) is 6.04 Å². The predicted molar refractivity (Wildman–Crippen MR) is 49.5 cm³/mol. The molecule has 1 aromatic heterocycles. The van der Waals surface area contributed by atoms with Crippen LogP contribution in [0, 0.1) is 3.57 Å². The predicted octanol–water partition coefficient (Wildman–Crippen LogP) is 0.578. The first-order chi connectivity index (χ1) is 4.74. The fraction of sp³-hybridized carbons (Fsp3) is 0.333. The molecule has 0 aliphatic heterocycles. The fourth-order valence-corrected chi connectivity index (χ4v) is 1.22. The molecule has 0 bridgehead atoms. The number of hydrogen-bond donors (Lipinski definition) is 3. The minimum Gasteiger partial charge on any atom is -0.363 e. The maximum absolute atomic E-state index is 5.65. The molecule has 3 nitrogen and oxygen atoms in total. The molecule has 0 amide bonds. The first kappa shape index (κ1) is 8.03. The molecule has 5 N–H and O–H groups in total. The lowest BCUT2D eigenvalue weighted by molar-refractivity contribution is 0.716. The Labute approximate surface area is 73.3 Å². The van der Waals surface area contributed by atoms with E-state index < -0.39 is 0 Å². The summed E-state index contributed by atoms with van der Waals surface area (Å²) >= 11 is 2.22. The molecule has 0 saturated carbocycles. The van der Waals surface area contributed by atoms with E-state index in [1.165, 1.54) is 0 Å². The first-order valence-corrected chi connectivity index (χ1v) is 4.11. The molecule has 0 aromatic carbocycles. The number of halogens is 1. The number of nitrogens with two attached hydrogens (primary N) is 2. The largest absolute Gasteiger partial charge is 0.363 e. The van der Waals surface area contributed by atoms with Gasteiger partial charge in [-0.05, 0) is 28.7 Å². The number of rotatable bonds is 2. The highest BCUT2D eigenvalue weighted by molar-refractivity contribution is 14.1. The summed E-state index contributed by atoms with van der Waals surface area (Å²) in [7, 11) is 0. The summed E-state index contributed by atoms with van der Waals surface area (Å²) in [5.41, 5.74) is 12.0. The van der Waals surface area contributed by atoms with Crippen LogP contribution >= 0.6 is 22.6 Å². The van der Waals surface area contributed by atoms with Gasteiger partial charge in [0.25, 0.3) is 0 Å². The maximum Gasteiger partial charge on any atom is 0.0572 e. The SMILES string of the molecule is NC[C@@H](N)c1cc(I)c[nH]1. The van der Waals surface area contributed by atoms with Crippen LogP contribution < -0.4 is 11.5 Å². The normalized spacial score (nSPS) is 13.5. The van der Waals surface area contributed by atoms with Crippen molar-refractivity contribution < 1.29 is 0 Å². The van der Waals surface area contributed by atoms with Crippen LogP contribution in [0.25, 0.3) is 0 Å². The molecule has 0 spiro atoms. The highest BCUT2D eigenvalue weighted by atomic mass is 127. The summed E-state index contributed by atoms with van der Waals surface area (Å²) in [6.07, 6.45) is 1.91. The van der Waals surface area contributed by atoms with Gasteiger partial charge in [-0.2, -0.15) is 0 Å². The molecule has 1 aromatic rings. The van der Waals surface area contributed by atoms with Gasteiger partial charge < -0.3 is 16.5 Å². The topological polar surface area (TPSA) is 67.8 Å². The van der Waals surface area contributed by atoms with Crippen molar-refractivity contribution in [2.24, 2.45) is 11.5 Å². The summed E-state index contributed by atoms with van der Waals surface area (Å²) in [6, 6.07) is 1.95. The van der Waals surface area contributed by atoms with Crippen molar-refractivity contribution in [1.29, 1.82) is 0 Å². The zero-order valence-electron chi connectivity index (χ0n) is 5.47. The van der Waals surface area contributed by atoms with Crippen molar-refractivity contribution >= 4 is 22.6 Å². The summed E-state index contributed by atoms with van der Waals surface area (Å²) in [6.45, 7) is 0.483. The van der Waals surface area contributed by atoms with Gasteiger partial charge in [-0.3, -0.25) is 0 Å². The zero-order chi connectivity index (χ0) is 7.56. The Bertz CT molecular complexity index is 209. The van der Waals surface area contributed by atoms with Gasteiger partial charge in [0.15, 0.2) is 0 Å². The van der Waals surface area contributed by atoms with Gasteiger partial charge >= 0.3 is 0 Å². The van der Waals surface area contributed by atoms with Gasteiger partial charge in [0.2, 0.25) is 0 Å².